The number of hydrogen-bond donors (Lipinski definition) is 1. The van der Waals surface area contributed by atoms with Crippen LogP contribution in [-0.2, 0) is 36.1 Å². The van der Waals surface area contributed by atoms with Crippen molar-refractivity contribution in [2.45, 2.75) is 26.4 Å². The summed E-state index contributed by atoms with van der Waals surface area (Å²) in [6.45, 7) is 6.31. The summed E-state index contributed by atoms with van der Waals surface area (Å²) in [7, 11) is 1.97. The molecule has 2 aromatic rings. The Kier molecular flexibility index (Phi) is 4.18. The van der Waals surface area contributed by atoms with Gasteiger partial charge >= 0.3 is 5.97 Å². The number of carboxylic acids is 1. The van der Waals surface area contributed by atoms with E-state index in [9.17, 15) is 4.79 Å². The van der Waals surface area contributed by atoms with Crippen molar-refractivity contribution in [2.75, 3.05) is 19.8 Å². The third-order valence-electron chi connectivity index (χ3n) is 4.28. The summed E-state index contributed by atoms with van der Waals surface area (Å²) >= 11 is 0. The quantitative estimate of drug-likeness (QED) is 0.831. The first kappa shape index (κ1) is 15.1. The van der Waals surface area contributed by atoms with Crippen molar-refractivity contribution in [3.05, 3.63) is 35.0 Å². The Bertz CT molecular complexity index is 705. The number of carbonyl (C=O) groups is 1. The highest BCUT2D eigenvalue weighted by atomic mass is 16.5. The predicted octanol–water partition coefficient (Wildman–Crippen LogP) is 2.16. The SMILES string of the molecule is CCOCCN1Cc2cc3c(CC(=O)O)cn(C)c3cc2C1. The molecule has 0 radical (unpaired) electrons. The van der Waals surface area contributed by atoms with Gasteiger partial charge in [0.15, 0.2) is 0 Å². The fraction of sp³-hybridized carbons (Fsp3) is 0.471. The molecule has 5 nitrogen and oxygen atoms in total. The van der Waals surface area contributed by atoms with Crippen molar-refractivity contribution in [1.82, 2.24) is 9.47 Å². The van der Waals surface area contributed by atoms with Crippen molar-refractivity contribution in [1.29, 1.82) is 0 Å². The summed E-state index contributed by atoms with van der Waals surface area (Å²) in [5.41, 5.74) is 4.65. The minimum absolute atomic E-state index is 0.0736. The molecule has 2 heterocycles. The second-order valence-electron chi connectivity index (χ2n) is 5.88. The smallest absolute Gasteiger partial charge is 0.307 e. The van der Waals surface area contributed by atoms with Gasteiger partial charge in [0.2, 0.25) is 0 Å². The third kappa shape index (κ3) is 2.87. The molecule has 5 heteroatoms. The van der Waals surface area contributed by atoms with Gasteiger partial charge in [0.1, 0.15) is 0 Å². The van der Waals surface area contributed by atoms with Crippen LogP contribution in [0, 0.1) is 0 Å². The molecule has 22 heavy (non-hydrogen) atoms. The highest BCUT2D eigenvalue weighted by Gasteiger charge is 2.21. The molecule has 118 valence electrons. The minimum atomic E-state index is -0.786. The molecule has 0 fully saturated rings. The maximum absolute atomic E-state index is 11.0. The van der Waals surface area contributed by atoms with E-state index in [-0.39, 0.29) is 6.42 Å². The fourth-order valence-electron chi connectivity index (χ4n) is 3.23. The van der Waals surface area contributed by atoms with Gasteiger partial charge < -0.3 is 14.4 Å². The van der Waals surface area contributed by atoms with Crippen molar-refractivity contribution in [3.63, 3.8) is 0 Å². The number of ether oxygens (including phenoxy) is 1. The normalized spacial score (nSPS) is 14.6. The van der Waals surface area contributed by atoms with E-state index in [0.29, 0.717) is 0 Å². The minimum Gasteiger partial charge on any atom is -0.481 e. The first-order valence-electron chi connectivity index (χ1n) is 7.70. The lowest BCUT2D eigenvalue weighted by atomic mass is 10.0. The van der Waals surface area contributed by atoms with Crippen LogP contribution in [-0.4, -0.2) is 40.3 Å². The fourth-order valence-corrected chi connectivity index (χ4v) is 3.23. The molecular weight excluding hydrogens is 280 g/mol. The van der Waals surface area contributed by atoms with Crippen molar-refractivity contribution >= 4 is 16.9 Å². The second kappa shape index (κ2) is 6.10. The molecule has 1 aliphatic rings. The van der Waals surface area contributed by atoms with Gasteiger partial charge in [-0.05, 0) is 35.7 Å². The standard InChI is InChI=1S/C17H22N2O3/c1-3-22-5-4-19-10-12-6-15-14(8-17(20)21)9-18(2)16(15)7-13(12)11-19/h6-7,9H,3-5,8,10-11H2,1-2H3,(H,20,21). The molecule has 0 aliphatic carbocycles. The molecular formula is C17H22N2O3. The zero-order valence-corrected chi connectivity index (χ0v) is 13.1. The van der Waals surface area contributed by atoms with E-state index in [4.69, 9.17) is 9.84 Å². The first-order chi connectivity index (χ1) is 10.6. The van der Waals surface area contributed by atoms with Gasteiger partial charge in [-0.25, -0.2) is 0 Å². The number of nitrogens with zero attached hydrogens (tertiary/aromatic N) is 2. The first-order valence-corrected chi connectivity index (χ1v) is 7.70. The van der Waals surface area contributed by atoms with E-state index in [2.05, 4.69) is 17.0 Å². The summed E-state index contributed by atoms with van der Waals surface area (Å²) in [6.07, 6.45) is 2.00. The van der Waals surface area contributed by atoms with Crippen LogP contribution < -0.4 is 0 Å². The number of aromatic nitrogens is 1. The molecule has 1 aromatic carbocycles. The zero-order chi connectivity index (χ0) is 15.7. The molecule has 0 saturated carbocycles. The van der Waals surface area contributed by atoms with Gasteiger partial charge in [-0.3, -0.25) is 9.69 Å². The Labute approximate surface area is 130 Å². The van der Waals surface area contributed by atoms with Crippen molar-refractivity contribution in [3.8, 4) is 0 Å². The van der Waals surface area contributed by atoms with E-state index in [0.717, 1.165) is 49.3 Å². The molecule has 1 aromatic heterocycles. The van der Waals surface area contributed by atoms with Crippen LogP contribution in [0.15, 0.2) is 18.3 Å². The van der Waals surface area contributed by atoms with E-state index < -0.39 is 5.97 Å². The third-order valence-corrected chi connectivity index (χ3v) is 4.28. The van der Waals surface area contributed by atoms with Gasteiger partial charge in [-0.2, -0.15) is 0 Å². The molecule has 0 bridgehead atoms. The molecule has 3 rings (SSSR count). The number of benzene rings is 1. The number of aliphatic carboxylic acids is 1. The average molecular weight is 302 g/mol. The van der Waals surface area contributed by atoms with Crippen molar-refractivity contribution in [2.24, 2.45) is 7.05 Å². The van der Waals surface area contributed by atoms with Crippen LogP contribution in [0.4, 0.5) is 0 Å². The lowest BCUT2D eigenvalue weighted by molar-refractivity contribution is -0.136. The van der Waals surface area contributed by atoms with Crippen LogP contribution in [0.2, 0.25) is 0 Å². The topological polar surface area (TPSA) is 54.7 Å². The Morgan fingerprint density at radius 3 is 2.73 bits per heavy atom. The van der Waals surface area contributed by atoms with Gasteiger partial charge in [0, 0.05) is 50.4 Å². The lowest BCUT2D eigenvalue weighted by Gasteiger charge is -2.13. The Hall–Kier alpha value is -1.85. The summed E-state index contributed by atoms with van der Waals surface area (Å²) in [5.74, 6) is -0.786. The van der Waals surface area contributed by atoms with E-state index in [1.165, 1.54) is 11.1 Å². The highest BCUT2D eigenvalue weighted by molar-refractivity contribution is 5.89. The molecule has 0 spiro atoms. The van der Waals surface area contributed by atoms with Gasteiger partial charge in [0.25, 0.3) is 0 Å². The molecule has 1 N–H and O–H groups in total. The number of aryl methyl sites for hydroxylation is 1. The van der Waals surface area contributed by atoms with E-state index in [1.54, 1.807) is 0 Å². The van der Waals surface area contributed by atoms with Gasteiger partial charge in [-0.15, -0.1) is 0 Å². The summed E-state index contributed by atoms with van der Waals surface area (Å²) in [6, 6.07) is 4.38. The van der Waals surface area contributed by atoms with Crippen molar-refractivity contribution < 1.29 is 14.6 Å². The molecule has 1 aliphatic heterocycles. The van der Waals surface area contributed by atoms with Crippen LogP contribution in [0.5, 0.6) is 0 Å². The molecule has 0 unspecified atom stereocenters. The number of hydrogen-bond acceptors (Lipinski definition) is 3. The average Bonchev–Trinajstić information content (AvgIpc) is 2.98. The Balaban J connectivity index is 1.86. The van der Waals surface area contributed by atoms with Crippen LogP contribution in [0.25, 0.3) is 10.9 Å². The van der Waals surface area contributed by atoms with E-state index in [1.807, 2.05) is 24.7 Å². The summed E-state index contributed by atoms with van der Waals surface area (Å²) in [5, 5.41) is 10.1. The number of fused-ring (bicyclic) bond motifs is 2. The maximum atomic E-state index is 11.0. The Morgan fingerprint density at radius 1 is 1.32 bits per heavy atom. The number of carboxylic acid groups (broad SMARTS) is 1. The monoisotopic (exact) mass is 302 g/mol. The number of rotatable bonds is 6. The Morgan fingerprint density at radius 2 is 2.05 bits per heavy atom. The second-order valence-corrected chi connectivity index (χ2v) is 5.88. The summed E-state index contributed by atoms with van der Waals surface area (Å²) in [4.78, 5) is 13.4. The maximum Gasteiger partial charge on any atom is 0.307 e. The van der Waals surface area contributed by atoms with Gasteiger partial charge in [0.05, 0.1) is 13.0 Å². The predicted molar refractivity (Wildman–Crippen MR) is 84.9 cm³/mol. The van der Waals surface area contributed by atoms with Crippen LogP contribution in [0.1, 0.15) is 23.6 Å². The lowest BCUT2D eigenvalue weighted by Crippen LogP contribution is -2.21. The highest BCUT2D eigenvalue weighted by Crippen LogP contribution is 2.30. The van der Waals surface area contributed by atoms with Crippen LogP contribution >= 0.6 is 0 Å². The molecule has 0 amide bonds. The van der Waals surface area contributed by atoms with Crippen LogP contribution in [0.3, 0.4) is 0 Å². The van der Waals surface area contributed by atoms with Gasteiger partial charge in [-0.1, -0.05) is 0 Å². The largest absolute Gasteiger partial charge is 0.481 e. The zero-order valence-electron chi connectivity index (χ0n) is 13.1. The molecule has 0 atom stereocenters. The van der Waals surface area contributed by atoms with E-state index >= 15 is 0 Å². The molecule has 0 saturated heterocycles. The summed E-state index contributed by atoms with van der Waals surface area (Å²) < 4.78 is 7.45.